The molecule has 0 saturated heterocycles. The predicted molar refractivity (Wildman–Crippen MR) is 74.6 cm³/mol. The Morgan fingerprint density at radius 2 is 2.05 bits per heavy atom. The van der Waals surface area contributed by atoms with Crippen LogP contribution in [0, 0.1) is 11.8 Å². The molecule has 0 aromatic heterocycles. The first-order valence-electron chi connectivity index (χ1n) is 6.91. The Morgan fingerprint density at radius 1 is 1.32 bits per heavy atom. The summed E-state index contributed by atoms with van der Waals surface area (Å²) in [6.45, 7) is 1.82. The number of hydrogen-bond donors (Lipinski definition) is 3. The van der Waals surface area contributed by atoms with E-state index in [1.165, 1.54) is 12.8 Å². The van der Waals surface area contributed by atoms with Gasteiger partial charge >= 0.3 is 0 Å². The van der Waals surface area contributed by atoms with Crippen molar-refractivity contribution in [3.05, 3.63) is 35.4 Å². The van der Waals surface area contributed by atoms with Crippen molar-refractivity contribution in [2.24, 2.45) is 17.6 Å². The average Bonchev–Trinajstić information content (AvgIpc) is 2.86. The Balaban J connectivity index is 1.87. The summed E-state index contributed by atoms with van der Waals surface area (Å²) >= 11 is 0. The summed E-state index contributed by atoms with van der Waals surface area (Å²) < 4.78 is 0. The monoisotopic (exact) mass is 262 g/mol. The molecule has 4 N–H and O–H groups in total. The lowest BCUT2D eigenvalue weighted by Gasteiger charge is -2.18. The minimum Gasteiger partial charge on any atom is -0.396 e. The van der Waals surface area contributed by atoms with Crippen LogP contribution in [0.3, 0.4) is 0 Å². The van der Waals surface area contributed by atoms with E-state index >= 15 is 0 Å². The molecule has 19 heavy (non-hydrogen) atoms. The zero-order valence-corrected chi connectivity index (χ0v) is 11.1. The Morgan fingerprint density at radius 3 is 2.79 bits per heavy atom. The molecule has 1 aliphatic carbocycles. The summed E-state index contributed by atoms with van der Waals surface area (Å²) in [5, 5.41) is 12.7. The largest absolute Gasteiger partial charge is 0.396 e. The smallest absolute Gasteiger partial charge is 0.249 e. The van der Waals surface area contributed by atoms with Gasteiger partial charge in [-0.15, -0.1) is 0 Å². The van der Waals surface area contributed by atoms with Crippen LogP contribution < -0.4 is 11.1 Å². The van der Waals surface area contributed by atoms with E-state index in [2.05, 4.69) is 5.32 Å². The molecular formula is C15H22N2O2. The van der Waals surface area contributed by atoms with Gasteiger partial charge in [-0.1, -0.05) is 24.6 Å². The zero-order valence-electron chi connectivity index (χ0n) is 11.1. The maximum Gasteiger partial charge on any atom is 0.249 e. The Labute approximate surface area is 114 Å². The number of aliphatic hydroxyl groups excluding tert-OH is 1. The highest BCUT2D eigenvalue weighted by molar-refractivity contribution is 5.94. The van der Waals surface area contributed by atoms with Crippen LogP contribution in [0.1, 0.15) is 35.2 Å². The number of primary amides is 1. The number of carbonyl (C=O) groups is 1. The van der Waals surface area contributed by atoms with Crippen LogP contribution >= 0.6 is 0 Å². The fourth-order valence-corrected chi connectivity index (χ4v) is 2.93. The molecule has 0 spiro atoms. The minimum atomic E-state index is -0.383. The van der Waals surface area contributed by atoms with Gasteiger partial charge in [0, 0.05) is 18.7 Å². The van der Waals surface area contributed by atoms with Gasteiger partial charge in [-0.2, -0.15) is 0 Å². The third kappa shape index (κ3) is 3.55. The normalized spacial score (nSPS) is 22.6. The maximum atomic E-state index is 11.3. The molecular weight excluding hydrogens is 240 g/mol. The van der Waals surface area contributed by atoms with Gasteiger partial charge in [0.2, 0.25) is 5.91 Å². The van der Waals surface area contributed by atoms with Gasteiger partial charge < -0.3 is 16.2 Å². The van der Waals surface area contributed by atoms with E-state index in [1.807, 2.05) is 18.2 Å². The van der Waals surface area contributed by atoms with Crippen molar-refractivity contribution in [3.8, 4) is 0 Å². The summed E-state index contributed by atoms with van der Waals surface area (Å²) in [6.07, 6.45) is 3.51. The number of rotatable bonds is 6. The number of amides is 1. The third-order valence-electron chi connectivity index (χ3n) is 4.06. The van der Waals surface area contributed by atoms with Gasteiger partial charge in [-0.3, -0.25) is 4.79 Å². The first-order chi connectivity index (χ1) is 9.22. The molecule has 2 rings (SSSR count). The van der Waals surface area contributed by atoms with Crippen molar-refractivity contribution >= 4 is 5.91 Å². The minimum absolute atomic E-state index is 0.282. The molecule has 104 valence electrons. The van der Waals surface area contributed by atoms with Crippen LogP contribution in [0.15, 0.2) is 24.3 Å². The number of carbonyl (C=O) groups excluding carboxylic acids is 1. The van der Waals surface area contributed by atoms with Crippen molar-refractivity contribution in [3.63, 3.8) is 0 Å². The Hall–Kier alpha value is -1.39. The molecule has 0 bridgehead atoms. The van der Waals surface area contributed by atoms with Gasteiger partial charge in [0.1, 0.15) is 0 Å². The second-order valence-electron chi connectivity index (χ2n) is 5.29. The number of hydrogen-bond acceptors (Lipinski definition) is 3. The van der Waals surface area contributed by atoms with Gasteiger partial charge in [0.25, 0.3) is 0 Å². The highest BCUT2D eigenvalue weighted by Crippen LogP contribution is 2.30. The topological polar surface area (TPSA) is 75.4 Å². The lowest BCUT2D eigenvalue weighted by molar-refractivity contribution is 0.0999. The van der Waals surface area contributed by atoms with E-state index < -0.39 is 0 Å². The molecule has 0 radical (unpaired) electrons. The lowest BCUT2D eigenvalue weighted by atomic mass is 9.97. The summed E-state index contributed by atoms with van der Waals surface area (Å²) in [5.74, 6) is 0.594. The summed E-state index contributed by atoms with van der Waals surface area (Å²) in [5.41, 5.74) is 6.87. The van der Waals surface area contributed by atoms with Crippen LogP contribution in [0.2, 0.25) is 0 Å². The molecule has 1 fully saturated rings. The highest BCUT2D eigenvalue weighted by Gasteiger charge is 2.25. The highest BCUT2D eigenvalue weighted by atomic mass is 16.3. The zero-order chi connectivity index (χ0) is 13.7. The lowest BCUT2D eigenvalue weighted by Crippen LogP contribution is -2.27. The van der Waals surface area contributed by atoms with E-state index in [0.717, 1.165) is 18.5 Å². The molecule has 2 unspecified atom stereocenters. The molecule has 1 aromatic rings. The maximum absolute atomic E-state index is 11.3. The van der Waals surface area contributed by atoms with Crippen molar-refractivity contribution in [1.29, 1.82) is 0 Å². The van der Waals surface area contributed by atoms with Gasteiger partial charge in [0.15, 0.2) is 0 Å². The van der Waals surface area contributed by atoms with E-state index in [-0.39, 0.29) is 12.5 Å². The van der Waals surface area contributed by atoms with E-state index in [0.29, 0.717) is 23.9 Å². The third-order valence-corrected chi connectivity index (χ3v) is 4.06. The van der Waals surface area contributed by atoms with Gasteiger partial charge in [-0.05, 0) is 42.9 Å². The van der Waals surface area contributed by atoms with E-state index in [1.54, 1.807) is 6.07 Å². The fourth-order valence-electron chi connectivity index (χ4n) is 2.93. The summed E-state index contributed by atoms with van der Waals surface area (Å²) in [7, 11) is 0. The van der Waals surface area contributed by atoms with Gasteiger partial charge in [-0.25, -0.2) is 0 Å². The summed E-state index contributed by atoms with van der Waals surface area (Å²) in [6, 6.07) is 7.41. The fraction of sp³-hybridized carbons (Fsp3) is 0.533. The first-order valence-corrected chi connectivity index (χ1v) is 6.91. The van der Waals surface area contributed by atoms with Crippen LogP contribution in [-0.2, 0) is 6.54 Å². The predicted octanol–water partition coefficient (Wildman–Crippen LogP) is 1.28. The molecule has 0 aliphatic heterocycles. The van der Waals surface area contributed by atoms with E-state index in [4.69, 9.17) is 5.73 Å². The average molecular weight is 262 g/mol. The SMILES string of the molecule is NC(=O)c1ccccc1CNCC1CCCC1CO. The molecule has 1 amide bonds. The molecule has 1 saturated carbocycles. The molecule has 1 aromatic carbocycles. The van der Waals surface area contributed by atoms with Crippen LogP contribution in [0.4, 0.5) is 0 Å². The quantitative estimate of drug-likeness (QED) is 0.723. The summed E-state index contributed by atoms with van der Waals surface area (Å²) in [4.78, 5) is 11.3. The second-order valence-corrected chi connectivity index (χ2v) is 5.29. The van der Waals surface area contributed by atoms with Crippen molar-refractivity contribution in [2.45, 2.75) is 25.8 Å². The number of nitrogens with two attached hydrogens (primary N) is 1. The number of nitrogens with one attached hydrogen (secondary N) is 1. The standard InChI is InChI=1S/C15H22N2O2/c16-15(19)14-7-2-1-4-12(14)9-17-8-11-5-3-6-13(11)10-18/h1-2,4,7,11,13,17-18H,3,5-6,8-10H2,(H2,16,19). The number of benzene rings is 1. The molecule has 1 aliphatic rings. The Bertz CT molecular complexity index is 434. The Kier molecular flexibility index (Phi) is 4.93. The van der Waals surface area contributed by atoms with E-state index in [9.17, 15) is 9.90 Å². The van der Waals surface area contributed by atoms with Crippen LogP contribution in [0.25, 0.3) is 0 Å². The van der Waals surface area contributed by atoms with Gasteiger partial charge in [0.05, 0.1) is 0 Å². The molecule has 4 heteroatoms. The number of aliphatic hydroxyl groups is 1. The second kappa shape index (κ2) is 6.68. The molecule has 0 heterocycles. The van der Waals surface area contributed by atoms with Crippen molar-refractivity contribution in [2.75, 3.05) is 13.2 Å². The van der Waals surface area contributed by atoms with Crippen LogP contribution in [-0.4, -0.2) is 24.2 Å². The molecule has 2 atom stereocenters. The molecule has 4 nitrogen and oxygen atoms in total. The van der Waals surface area contributed by atoms with Crippen LogP contribution in [0.5, 0.6) is 0 Å². The van der Waals surface area contributed by atoms with Crippen molar-refractivity contribution in [1.82, 2.24) is 5.32 Å². The first kappa shape index (κ1) is 14.0. The van der Waals surface area contributed by atoms with Crippen molar-refractivity contribution < 1.29 is 9.90 Å².